The Kier molecular flexibility index (Phi) is 4.14. The third kappa shape index (κ3) is 2.59. The topological polar surface area (TPSA) is 46.5 Å². The lowest BCUT2D eigenvalue weighted by atomic mass is 9.80. The van der Waals surface area contributed by atoms with Crippen LogP contribution in [0.3, 0.4) is 0 Å². The summed E-state index contributed by atoms with van der Waals surface area (Å²) in [5.41, 5.74) is 3.63. The molecule has 0 saturated carbocycles. The van der Waals surface area contributed by atoms with Gasteiger partial charge in [-0.3, -0.25) is 0 Å². The summed E-state index contributed by atoms with van der Waals surface area (Å²) in [5.74, 6) is 0.122. The average Bonchev–Trinajstić information content (AvgIpc) is 2.54. The van der Waals surface area contributed by atoms with Gasteiger partial charge >= 0.3 is 5.97 Å². The Morgan fingerprint density at radius 1 is 1.23 bits per heavy atom. The van der Waals surface area contributed by atoms with Crippen LogP contribution in [-0.2, 0) is 6.42 Å². The number of carboxylic acid groups (broad SMARTS) is 1. The monoisotopic (exact) mass is 296 g/mol. The van der Waals surface area contributed by atoms with Gasteiger partial charge in [-0.25, -0.2) is 4.79 Å². The first-order valence-corrected chi connectivity index (χ1v) is 7.79. The number of rotatable bonds is 4. The number of ether oxygens (including phenoxy) is 1. The summed E-state index contributed by atoms with van der Waals surface area (Å²) in [7, 11) is 0. The van der Waals surface area contributed by atoms with E-state index in [1.807, 2.05) is 30.3 Å². The van der Waals surface area contributed by atoms with E-state index in [4.69, 9.17) is 4.74 Å². The molecule has 1 atom stereocenters. The van der Waals surface area contributed by atoms with Crippen LogP contribution in [0, 0.1) is 0 Å². The Morgan fingerprint density at radius 3 is 2.82 bits per heavy atom. The van der Waals surface area contributed by atoms with Crippen molar-refractivity contribution in [1.29, 1.82) is 0 Å². The van der Waals surface area contributed by atoms with Crippen LogP contribution in [0.1, 0.15) is 52.7 Å². The molecule has 0 spiro atoms. The second-order valence-corrected chi connectivity index (χ2v) is 5.66. The fourth-order valence-electron chi connectivity index (χ4n) is 3.34. The zero-order valence-electron chi connectivity index (χ0n) is 12.7. The molecule has 0 aromatic heterocycles. The van der Waals surface area contributed by atoms with Crippen molar-refractivity contribution < 1.29 is 14.6 Å². The number of para-hydroxylation sites is 1. The number of hydrogen-bond donors (Lipinski definition) is 1. The second-order valence-electron chi connectivity index (χ2n) is 5.66. The van der Waals surface area contributed by atoms with Gasteiger partial charge in [-0.2, -0.15) is 0 Å². The molecule has 1 unspecified atom stereocenters. The summed E-state index contributed by atoms with van der Waals surface area (Å²) >= 11 is 0. The van der Waals surface area contributed by atoms with Gasteiger partial charge in [0.1, 0.15) is 5.75 Å². The van der Waals surface area contributed by atoms with Crippen molar-refractivity contribution in [2.75, 3.05) is 6.61 Å². The highest BCUT2D eigenvalue weighted by molar-refractivity contribution is 5.90. The summed E-state index contributed by atoms with van der Waals surface area (Å²) in [4.78, 5) is 11.7. The normalized spacial score (nSPS) is 16.7. The molecule has 1 aliphatic rings. The smallest absolute Gasteiger partial charge is 0.335 e. The van der Waals surface area contributed by atoms with Crippen molar-refractivity contribution in [3.63, 3.8) is 0 Å². The van der Waals surface area contributed by atoms with E-state index in [0.717, 1.165) is 41.7 Å². The van der Waals surface area contributed by atoms with Crippen LogP contribution < -0.4 is 4.74 Å². The van der Waals surface area contributed by atoms with Gasteiger partial charge in [0.05, 0.1) is 12.2 Å². The van der Waals surface area contributed by atoms with Crippen LogP contribution in [0.5, 0.6) is 5.75 Å². The summed E-state index contributed by atoms with van der Waals surface area (Å²) in [5, 5.41) is 9.61. The van der Waals surface area contributed by atoms with Crippen LogP contribution in [0.4, 0.5) is 0 Å². The molecule has 1 aliphatic heterocycles. The number of fused-ring (bicyclic) bond motifs is 1. The quantitative estimate of drug-likeness (QED) is 0.917. The number of aryl methyl sites for hydroxylation is 1. The molecule has 0 fully saturated rings. The van der Waals surface area contributed by atoms with Crippen LogP contribution in [0.15, 0.2) is 42.5 Å². The molecule has 3 heteroatoms. The van der Waals surface area contributed by atoms with Crippen molar-refractivity contribution in [3.05, 3.63) is 64.7 Å². The largest absolute Gasteiger partial charge is 0.493 e. The molecule has 114 valence electrons. The van der Waals surface area contributed by atoms with Gasteiger partial charge in [-0.05, 0) is 36.1 Å². The lowest BCUT2D eigenvalue weighted by molar-refractivity contribution is 0.0694. The van der Waals surface area contributed by atoms with Crippen molar-refractivity contribution in [2.45, 2.75) is 32.1 Å². The number of carbonyl (C=O) groups is 1. The van der Waals surface area contributed by atoms with Gasteiger partial charge in [-0.15, -0.1) is 0 Å². The van der Waals surface area contributed by atoms with Crippen LogP contribution >= 0.6 is 0 Å². The van der Waals surface area contributed by atoms with E-state index < -0.39 is 5.97 Å². The Bertz CT molecular complexity index is 691. The molecular weight excluding hydrogens is 276 g/mol. The standard InChI is InChI=1S/C19H20O3/c1-2-6-13-7-5-9-16(19(20)21)18(13)15-11-12-22-17-10-4-3-8-14(15)17/h3-5,7-10,15H,2,6,11-12H2,1H3,(H,20,21). The zero-order valence-corrected chi connectivity index (χ0v) is 12.7. The third-order valence-electron chi connectivity index (χ3n) is 4.25. The first-order valence-electron chi connectivity index (χ1n) is 7.79. The lowest BCUT2D eigenvalue weighted by Gasteiger charge is -2.29. The van der Waals surface area contributed by atoms with Gasteiger partial charge < -0.3 is 9.84 Å². The minimum absolute atomic E-state index is 0.0961. The fraction of sp³-hybridized carbons (Fsp3) is 0.316. The van der Waals surface area contributed by atoms with E-state index in [1.165, 1.54) is 0 Å². The van der Waals surface area contributed by atoms with E-state index in [1.54, 1.807) is 6.07 Å². The van der Waals surface area contributed by atoms with Crippen molar-refractivity contribution in [1.82, 2.24) is 0 Å². The highest BCUT2D eigenvalue weighted by atomic mass is 16.5. The van der Waals surface area contributed by atoms with E-state index >= 15 is 0 Å². The molecule has 0 bridgehead atoms. The predicted octanol–water partition coefficient (Wildman–Crippen LogP) is 4.25. The van der Waals surface area contributed by atoms with E-state index in [9.17, 15) is 9.90 Å². The molecular formula is C19H20O3. The molecule has 2 aromatic carbocycles. The highest BCUT2D eigenvalue weighted by Crippen LogP contribution is 2.40. The molecule has 0 amide bonds. The van der Waals surface area contributed by atoms with Gasteiger partial charge in [-0.1, -0.05) is 43.7 Å². The number of benzene rings is 2. The zero-order chi connectivity index (χ0) is 15.5. The SMILES string of the molecule is CCCc1cccc(C(=O)O)c1C1CCOc2ccccc21. The number of hydrogen-bond acceptors (Lipinski definition) is 2. The Balaban J connectivity index is 2.17. The predicted molar refractivity (Wildman–Crippen MR) is 85.8 cm³/mol. The first kappa shape index (κ1) is 14.6. The molecule has 0 saturated heterocycles. The second kappa shape index (κ2) is 6.22. The highest BCUT2D eigenvalue weighted by Gasteiger charge is 2.28. The minimum atomic E-state index is -0.850. The molecule has 0 radical (unpaired) electrons. The molecule has 22 heavy (non-hydrogen) atoms. The fourth-order valence-corrected chi connectivity index (χ4v) is 3.34. The summed E-state index contributed by atoms with van der Waals surface area (Å²) in [6, 6.07) is 13.6. The maximum atomic E-state index is 11.7. The van der Waals surface area contributed by atoms with Crippen molar-refractivity contribution in [2.24, 2.45) is 0 Å². The van der Waals surface area contributed by atoms with E-state index in [2.05, 4.69) is 13.0 Å². The molecule has 1 heterocycles. The Hall–Kier alpha value is -2.29. The number of carboxylic acids is 1. The van der Waals surface area contributed by atoms with Crippen molar-refractivity contribution in [3.8, 4) is 5.75 Å². The van der Waals surface area contributed by atoms with E-state index in [-0.39, 0.29) is 5.92 Å². The van der Waals surface area contributed by atoms with Crippen LogP contribution in [-0.4, -0.2) is 17.7 Å². The number of aromatic carboxylic acids is 1. The minimum Gasteiger partial charge on any atom is -0.493 e. The summed E-state index contributed by atoms with van der Waals surface area (Å²) in [6.07, 6.45) is 2.72. The Labute approximate surface area is 130 Å². The maximum absolute atomic E-state index is 11.7. The maximum Gasteiger partial charge on any atom is 0.335 e. The average molecular weight is 296 g/mol. The summed E-state index contributed by atoms with van der Waals surface area (Å²) in [6.45, 7) is 2.75. The van der Waals surface area contributed by atoms with Crippen LogP contribution in [0.2, 0.25) is 0 Å². The van der Waals surface area contributed by atoms with Crippen molar-refractivity contribution >= 4 is 5.97 Å². The third-order valence-corrected chi connectivity index (χ3v) is 4.25. The molecule has 3 nitrogen and oxygen atoms in total. The molecule has 3 rings (SSSR count). The van der Waals surface area contributed by atoms with Gasteiger partial charge in [0, 0.05) is 11.5 Å². The van der Waals surface area contributed by atoms with Crippen LogP contribution in [0.25, 0.3) is 0 Å². The summed E-state index contributed by atoms with van der Waals surface area (Å²) < 4.78 is 5.73. The Morgan fingerprint density at radius 2 is 2.05 bits per heavy atom. The molecule has 0 aliphatic carbocycles. The molecule has 1 N–H and O–H groups in total. The lowest BCUT2D eigenvalue weighted by Crippen LogP contribution is -2.19. The van der Waals surface area contributed by atoms with E-state index in [0.29, 0.717) is 12.2 Å². The molecule has 2 aromatic rings. The van der Waals surface area contributed by atoms with Gasteiger partial charge in [0.2, 0.25) is 0 Å². The first-order chi connectivity index (χ1) is 10.7. The van der Waals surface area contributed by atoms with Gasteiger partial charge in [0.15, 0.2) is 0 Å². The van der Waals surface area contributed by atoms with Gasteiger partial charge in [0.25, 0.3) is 0 Å².